The smallest absolute Gasteiger partial charge is 0.274 e. The SMILES string of the molecule is O=c1ccn(-c2cc(C(F)(F)F)ccc2Cl)c(=O)[nH]1. The van der Waals surface area contributed by atoms with E-state index >= 15 is 0 Å². The average molecular weight is 291 g/mol. The Morgan fingerprint density at radius 1 is 1.16 bits per heavy atom. The Balaban J connectivity index is 2.68. The summed E-state index contributed by atoms with van der Waals surface area (Å²) in [7, 11) is 0. The number of rotatable bonds is 1. The lowest BCUT2D eigenvalue weighted by Crippen LogP contribution is -2.27. The van der Waals surface area contributed by atoms with Crippen LogP contribution in [0.3, 0.4) is 0 Å². The van der Waals surface area contributed by atoms with Crippen LogP contribution in [0.2, 0.25) is 5.02 Å². The third-order valence-corrected chi connectivity index (χ3v) is 2.68. The number of aromatic amines is 1. The van der Waals surface area contributed by atoms with E-state index in [0.717, 1.165) is 35.0 Å². The van der Waals surface area contributed by atoms with Crippen molar-refractivity contribution in [3.05, 3.63) is 61.9 Å². The van der Waals surface area contributed by atoms with Gasteiger partial charge in [-0.3, -0.25) is 14.3 Å². The quantitative estimate of drug-likeness (QED) is 0.875. The molecule has 1 heterocycles. The number of hydrogen-bond donors (Lipinski definition) is 1. The number of alkyl halides is 3. The molecular formula is C11H6ClF3N2O2. The van der Waals surface area contributed by atoms with Gasteiger partial charge < -0.3 is 0 Å². The first-order valence-corrected chi connectivity index (χ1v) is 5.36. The van der Waals surface area contributed by atoms with E-state index in [4.69, 9.17) is 11.6 Å². The van der Waals surface area contributed by atoms with E-state index in [-0.39, 0.29) is 10.7 Å². The lowest BCUT2D eigenvalue weighted by molar-refractivity contribution is -0.137. The molecule has 0 aliphatic carbocycles. The summed E-state index contributed by atoms with van der Waals surface area (Å²) in [6.07, 6.45) is -3.49. The van der Waals surface area contributed by atoms with Gasteiger partial charge in [0.2, 0.25) is 0 Å². The summed E-state index contributed by atoms with van der Waals surface area (Å²) < 4.78 is 38.6. The second-order valence-corrected chi connectivity index (χ2v) is 4.05. The third-order valence-electron chi connectivity index (χ3n) is 2.36. The Kier molecular flexibility index (Phi) is 3.23. The van der Waals surface area contributed by atoms with E-state index in [2.05, 4.69) is 0 Å². The minimum atomic E-state index is -4.55. The summed E-state index contributed by atoms with van der Waals surface area (Å²) >= 11 is 5.77. The van der Waals surface area contributed by atoms with Crippen LogP contribution in [0, 0.1) is 0 Å². The highest BCUT2D eigenvalue weighted by Crippen LogP contribution is 2.32. The molecule has 8 heteroatoms. The Hall–Kier alpha value is -2.02. The summed E-state index contributed by atoms with van der Waals surface area (Å²) in [4.78, 5) is 24.4. The van der Waals surface area contributed by atoms with E-state index in [0.29, 0.717) is 0 Å². The van der Waals surface area contributed by atoms with E-state index in [9.17, 15) is 22.8 Å². The van der Waals surface area contributed by atoms with Crippen molar-refractivity contribution >= 4 is 11.6 Å². The van der Waals surface area contributed by atoms with Gasteiger partial charge in [-0.25, -0.2) is 4.79 Å². The number of halogens is 4. The van der Waals surface area contributed by atoms with Crippen molar-refractivity contribution in [3.63, 3.8) is 0 Å². The van der Waals surface area contributed by atoms with Crippen LogP contribution >= 0.6 is 11.6 Å². The maximum Gasteiger partial charge on any atom is 0.416 e. The van der Waals surface area contributed by atoms with Gasteiger partial charge in [0.1, 0.15) is 0 Å². The van der Waals surface area contributed by atoms with Gasteiger partial charge >= 0.3 is 11.9 Å². The summed E-state index contributed by atoms with van der Waals surface area (Å²) in [5.41, 5.74) is -2.61. The van der Waals surface area contributed by atoms with Crippen LogP contribution in [-0.2, 0) is 6.18 Å². The zero-order valence-electron chi connectivity index (χ0n) is 9.16. The Labute approximate surface area is 109 Å². The maximum atomic E-state index is 12.6. The van der Waals surface area contributed by atoms with E-state index in [1.54, 1.807) is 0 Å². The molecule has 0 fully saturated rings. The summed E-state index contributed by atoms with van der Waals surface area (Å²) in [5, 5.41) is -0.0397. The molecule has 0 saturated heterocycles. The molecule has 0 radical (unpaired) electrons. The number of nitrogens with zero attached hydrogens (tertiary/aromatic N) is 1. The molecule has 4 nitrogen and oxygen atoms in total. The molecule has 0 aliphatic heterocycles. The lowest BCUT2D eigenvalue weighted by atomic mass is 10.2. The molecule has 0 unspecified atom stereocenters. The van der Waals surface area contributed by atoms with Crippen LogP contribution in [0.4, 0.5) is 13.2 Å². The second kappa shape index (κ2) is 4.58. The van der Waals surface area contributed by atoms with Crippen LogP contribution in [-0.4, -0.2) is 9.55 Å². The van der Waals surface area contributed by atoms with Gasteiger partial charge in [0.15, 0.2) is 0 Å². The molecule has 1 N–H and O–H groups in total. The standard InChI is InChI=1S/C11H6ClF3N2O2/c12-7-2-1-6(11(13,14)15)5-8(7)17-4-3-9(18)16-10(17)19/h1-5H,(H,16,18,19). The fourth-order valence-corrected chi connectivity index (χ4v) is 1.69. The minimum Gasteiger partial charge on any atom is -0.274 e. The van der Waals surface area contributed by atoms with Crippen LogP contribution in [0.25, 0.3) is 5.69 Å². The zero-order valence-corrected chi connectivity index (χ0v) is 9.92. The maximum absolute atomic E-state index is 12.6. The predicted octanol–water partition coefficient (Wildman–Crippen LogP) is 2.20. The number of H-pyrrole nitrogens is 1. The highest BCUT2D eigenvalue weighted by molar-refractivity contribution is 6.32. The molecule has 0 amide bonds. The minimum absolute atomic E-state index is 0.0397. The molecule has 100 valence electrons. The highest BCUT2D eigenvalue weighted by atomic mass is 35.5. The Morgan fingerprint density at radius 2 is 1.84 bits per heavy atom. The monoisotopic (exact) mass is 290 g/mol. The lowest BCUT2D eigenvalue weighted by Gasteiger charge is -2.11. The Bertz CT molecular complexity index is 734. The highest BCUT2D eigenvalue weighted by Gasteiger charge is 2.31. The number of benzene rings is 1. The van der Waals surface area contributed by atoms with Crippen LogP contribution in [0.5, 0.6) is 0 Å². The zero-order chi connectivity index (χ0) is 14.2. The van der Waals surface area contributed by atoms with Gasteiger partial charge in [-0.05, 0) is 18.2 Å². The molecule has 2 rings (SSSR count). The second-order valence-electron chi connectivity index (χ2n) is 3.64. The predicted molar refractivity (Wildman–Crippen MR) is 62.7 cm³/mol. The summed E-state index contributed by atoms with van der Waals surface area (Å²) in [5.74, 6) is 0. The van der Waals surface area contributed by atoms with Gasteiger partial charge in [0.25, 0.3) is 5.56 Å². The van der Waals surface area contributed by atoms with E-state index < -0.39 is 23.0 Å². The Morgan fingerprint density at radius 3 is 2.42 bits per heavy atom. The first kappa shape index (κ1) is 13.4. The number of aromatic nitrogens is 2. The van der Waals surface area contributed by atoms with Crippen LogP contribution in [0.15, 0.2) is 40.1 Å². The van der Waals surface area contributed by atoms with Gasteiger partial charge in [-0.2, -0.15) is 13.2 Å². The van der Waals surface area contributed by atoms with Gasteiger partial charge in [-0.15, -0.1) is 0 Å². The third kappa shape index (κ3) is 2.70. The average Bonchev–Trinajstić information content (AvgIpc) is 2.29. The fraction of sp³-hybridized carbons (Fsp3) is 0.0909. The van der Waals surface area contributed by atoms with Gasteiger partial charge in [-0.1, -0.05) is 11.6 Å². The van der Waals surface area contributed by atoms with Crippen molar-refractivity contribution in [1.29, 1.82) is 0 Å². The van der Waals surface area contributed by atoms with Gasteiger partial charge in [0, 0.05) is 12.3 Å². The van der Waals surface area contributed by atoms with Gasteiger partial charge in [0.05, 0.1) is 16.3 Å². The van der Waals surface area contributed by atoms with Crippen molar-refractivity contribution in [2.75, 3.05) is 0 Å². The molecule has 0 aliphatic rings. The first-order valence-electron chi connectivity index (χ1n) is 4.98. The van der Waals surface area contributed by atoms with E-state index in [1.165, 1.54) is 0 Å². The summed E-state index contributed by atoms with van der Waals surface area (Å²) in [6, 6.07) is 3.60. The van der Waals surface area contributed by atoms with Crippen molar-refractivity contribution < 1.29 is 13.2 Å². The molecule has 0 atom stereocenters. The molecule has 1 aromatic carbocycles. The van der Waals surface area contributed by atoms with E-state index in [1.807, 2.05) is 4.98 Å². The topological polar surface area (TPSA) is 54.9 Å². The van der Waals surface area contributed by atoms with Crippen molar-refractivity contribution in [2.24, 2.45) is 0 Å². The van der Waals surface area contributed by atoms with Crippen molar-refractivity contribution in [3.8, 4) is 5.69 Å². The largest absolute Gasteiger partial charge is 0.416 e. The van der Waals surface area contributed by atoms with Crippen LogP contribution in [0.1, 0.15) is 5.56 Å². The fourth-order valence-electron chi connectivity index (χ4n) is 1.48. The van der Waals surface area contributed by atoms with Crippen molar-refractivity contribution in [2.45, 2.75) is 6.18 Å². The normalized spacial score (nSPS) is 11.6. The summed E-state index contributed by atoms with van der Waals surface area (Å²) in [6.45, 7) is 0. The molecule has 0 spiro atoms. The molecular weight excluding hydrogens is 285 g/mol. The first-order chi connectivity index (χ1) is 8.79. The molecule has 0 bridgehead atoms. The molecule has 19 heavy (non-hydrogen) atoms. The number of hydrogen-bond acceptors (Lipinski definition) is 2. The molecule has 2 aromatic rings. The van der Waals surface area contributed by atoms with Crippen molar-refractivity contribution in [1.82, 2.24) is 9.55 Å². The molecule has 1 aromatic heterocycles. The molecule has 0 saturated carbocycles. The number of nitrogens with one attached hydrogen (secondary N) is 1. The van der Waals surface area contributed by atoms with Crippen LogP contribution < -0.4 is 11.2 Å².